The molecule has 11 rings (SSSR count). The summed E-state index contributed by atoms with van der Waals surface area (Å²) in [6.45, 7) is 2.18. The van der Waals surface area contributed by atoms with Crippen LogP contribution in [0.2, 0.25) is 0 Å². The number of carbonyl (C=O) groups is 3. The van der Waals surface area contributed by atoms with E-state index in [0.29, 0.717) is 45.0 Å². The van der Waals surface area contributed by atoms with Crippen LogP contribution in [0.5, 0.6) is 11.5 Å². The second kappa shape index (κ2) is 23.5. The third-order valence-electron chi connectivity index (χ3n) is 14.0. The summed E-state index contributed by atoms with van der Waals surface area (Å²) in [4.78, 5) is 65.7. The summed E-state index contributed by atoms with van der Waals surface area (Å²) in [6, 6.07) is 42.3. The van der Waals surface area contributed by atoms with E-state index in [2.05, 4.69) is 40.5 Å². The normalized spacial score (nSPS) is 19.7. The van der Waals surface area contributed by atoms with Crippen LogP contribution >= 0.6 is 7.60 Å². The van der Waals surface area contributed by atoms with Crippen molar-refractivity contribution in [2.45, 2.75) is 62.2 Å². The zero-order chi connectivity index (χ0) is 56.1. The minimum absolute atomic E-state index is 0.0984. The van der Waals surface area contributed by atoms with Crippen LogP contribution in [0.3, 0.4) is 0 Å². The van der Waals surface area contributed by atoms with Gasteiger partial charge in [0.05, 0.1) is 46.2 Å². The summed E-state index contributed by atoms with van der Waals surface area (Å²) >= 11 is 0. The van der Waals surface area contributed by atoms with E-state index in [1.165, 1.54) is 38.9 Å². The number of ether oxygens (including phenoxy) is 6. The predicted molar refractivity (Wildman–Crippen MR) is 295 cm³/mol. The van der Waals surface area contributed by atoms with Crippen molar-refractivity contribution in [3.8, 4) is 11.5 Å². The van der Waals surface area contributed by atoms with Gasteiger partial charge in [0.2, 0.25) is 0 Å². The monoisotopic (exact) mass is 1110 g/mol. The smallest absolute Gasteiger partial charge is 0.328 e. The van der Waals surface area contributed by atoms with Crippen molar-refractivity contribution in [1.29, 1.82) is 0 Å². The van der Waals surface area contributed by atoms with Crippen molar-refractivity contribution < 1.29 is 56.4 Å². The highest BCUT2D eigenvalue weighted by atomic mass is 31.2. The van der Waals surface area contributed by atoms with Gasteiger partial charge in [-0.2, -0.15) is 0 Å². The average Bonchev–Trinajstić information content (AvgIpc) is 4.41. The molecule has 2 saturated heterocycles. The van der Waals surface area contributed by atoms with Crippen molar-refractivity contribution in [3.63, 3.8) is 0 Å². The lowest BCUT2D eigenvalue weighted by atomic mass is 9.80. The molecule has 2 N–H and O–H groups in total. The third-order valence-corrected chi connectivity index (χ3v) is 15.3. The first-order valence-corrected chi connectivity index (χ1v) is 27.8. The van der Waals surface area contributed by atoms with Gasteiger partial charge in [0.25, 0.3) is 11.8 Å². The number of nitrogens with zero attached hydrogens (tertiary/aromatic N) is 8. The summed E-state index contributed by atoms with van der Waals surface area (Å²) in [7, 11) is -0.881. The quantitative estimate of drug-likeness (QED) is 0.0410. The van der Waals surface area contributed by atoms with Crippen LogP contribution in [0.25, 0.3) is 22.3 Å². The molecule has 23 heteroatoms. The molecule has 6 heterocycles. The van der Waals surface area contributed by atoms with Gasteiger partial charge in [-0.15, -0.1) is 0 Å². The molecular formula is C58H55N10O12P. The average molecular weight is 1120 g/mol. The van der Waals surface area contributed by atoms with Gasteiger partial charge in [-0.25, -0.2) is 29.9 Å². The van der Waals surface area contributed by atoms with Gasteiger partial charge in [0, 0.05) is 37.6 Å². The van der Waals surface area contributed by atoms with E-state index in [4.69, 9.17) is 37.5 Å². The fourth-order valence-corrected chi connectivity index (χ4v) is 11.3. The maximum atomic E-state index is 14.9. The molecule has 0 spiro atoms. The number of hydrogen-bond donors (Lipinski definition) is 2. The Kier molecular flexibility index (Phi) is 15.7. The van der Waals surface area contributed by atoms with Gasteiger partial charge in [-0.3, -0.25) is 28.1 Å². The van der Waals surface area contributed by atoms with Crippen LogP contribution in [0.4, 0.5) is 11.6 Å². The van der Waals surface area contributed by atoms with Crippen molar-refractivity contribution in [2.24, 2.45) is 0 Å². The summed E-state index contributed by atoms with van der Waals surface area (Å²) in [5.74, 6) is 0.330. The standard InChI is InChI=1S/C58H55N10O12P/c1-36(69)77-44-28-48(67-34-63-50-52(59-32-61-54(50)67)65-56(70)37-14-8-5-9-15-37)79-47(44)31-76-81(4,72)80-45-29-49(68-35-64-51-53(60-33-62-55(51)68)66-57(71)38-16-10-6-11-17-38)78-46(45)30-75-58(39-18-12-7-13-19-39,40-20-24-42(73-2)25-21-40)41-22-26-43(74-3)27-23-41/h5-27,32-35,44-49H,28-31H2,1-4H3,(H,59,61,65,70)(H,60,62,66,71)/t44-,45-,46+,47+,48+,49+,81+/m0/s1. The summed E-state index contributed by atoms with van der Waals surface area (Å²) < 4.78 is 68.6. The Labute approximate surface area is 464 Å². The number of aromatic nitrogens is 8. The number of methoxy groups -OCH3 is 2. The van der Waals surface area contributed by atoms with E-state index in [1.54, 1.807) is 71.9 Å². The van der Waals surface area contributed by atoms with Crippen LogP contribution in [0.15, 0.2) is 165 Å². The fraction of sp³-hybridized carbons (Fsp3) is 0.259. The van der Waals surface area contributed by atoms with E-state index in [0.717, 1.165) is 16.7 Å². The molecule has 22 nitrogen and oxygen atoms in total. The highest BCUT2D eigenvalue weighted by molar-refractivity contribution is 7.53. The second-order valence-corrected chi connectivity index (χ2v) is 21.1. The molecule has 81 heavy (non-hydrogen) atoms. The van der Waals surface area contributed by atoms with Crippen LogP contribution in [0.1, 0.15) is 69.6 Å². The Bertz CT molecular complexity index is 3680. The summed E-state index contributed by atoms with van der Waals surface area (Å²) in [5, 5.41) is 5.66. The summed E-state index contributed by atoms with van der Waals surface area (Å²) in [6.07, 6.45) is 0.596. The van der Waals surface area contributed by atoms with Crippen LogP contribution in [-0.2, 0) is 43.0 Å². The Morgan fingerprint density at radius 1 is 0.593 bits per heavy atom. The highest BCUT2D eigenvalue weighted by Crippen LogP contribution is 2.51. The highest BCUT2D eigenvalue weighted by Gasteiger charge is 2.46. The van der Waals surface area contributed by atoms with Crippen LogP contribution in [0, 0.1) is 0 Å². The molecule has 0 saturated carbocycles. The van der Waals surface area contributed by atoms with Gasteiger partial charge in [-0.05, 0) is 65.2 Å². The van der Waals surface area contributed by atoms with Crippen LogP contribution in [-0.4, -0.2) is 115 Å². The minimum atomic E-state index is -4.08. The number of carbonyl (C=O) groups excluding carboxylic acids is 3. The first-order valence-electron chi connectivity index (χ1n) is 25.8. The van der Waals surface area contributed by atoms with Gasteiger partial charge >= 0.3 is 13.6 Å². The van der Waals surface area contributed by atoms with Crippen molar-refractivity contribution in [3.05, 3.63) is 193 Å². The van der Waals surface area contributed by atoms with E-state index in [1.807, 2.05) is 91.0 Å². The maximum absolute atomic E-state index is 14.9. The Hall–Kier alpha value is -8.76. The molecule has 2 amide bonds. The SMILES string of the molecule is COc1ccc(C(OC[C@H]2O[C@@H](n3cnc4c(NC(=O)c5ccccc5)ncnc43)C[C@@H]2O[P@](C)(=O)OC[C@H]2O[C@@H](n3cnc4c(NC(=O)c5ccccc5)ncnc43)C[C@@H]2OC(C)=O)(c2ccccc2)c2ccc(OC)cc2)cc1. The molecule has 0 unspecified atom stereocenters. The third kappa shape index (κ3) is 11.5. The topological polar surface area (TPSA) is 253 Å². The predicted octanol–water partition coefficient (Wildman–Crippen LogP) is 8.93. The maximum Gasteiger partial charge on any atom is 0.328 e. The number of nitrogens with one attached hydrogen (secondary N) is 2. The molecule has 2 aliphatic rings. The van der Waals surface area contributed by atoms with Gasteiger partial charge < -0.3 is 48.1 Å². The second-order valence-electron chi connectivity index (χ2n) is 19.1. The Balaban J connectivity index is 0.881. The molecule has 7 atom stereocenters. The number of hydrogen-bond acceptors (Lipinski definition) is 18. The number of benzene rings is 5. The molecule has 0 bridgehead atoms. The van der Waals surface area contributed by atoms with E-state index in [9.17, 15) is 18.9 Å². The number of esters is 1. The minimum Gasteiger partial charge on any atom is -0.497 e. The molecule has 4 aromatic heterocycles. The molecule has 0 aliphatic carbocycles. The van der Waals surface area contributed by atoms with Gasteiger partial charge in [0.15, 0.2) is 34.0 Å². The molecule has 9 aromatic rings. The lowest BCUT2D eigenvalue weighted by Crippen LogP contribution is -2.38. The fourth-order valence-electron chi connectivity index (χ4n) is 10.1. The number of rotatable bonds is 20. The molecule has 414 valence electrons. The van der Waals surface area contributed by atoms with E-state index < -0.39 is 56.0 Å². The number of amides is 2. The van der Waals surface area contributed by atoms with Crippen molar-refractivity contribution in [1.82, 2.24) is 39.0 Å². The Morgan fingerprint density at radius 3 is 1.51 bits per heavy atom. The molecule has 5 aromatic carbocycles. The zero-order valence-corrected chi connectivity index (χ0v) is 45.2. The van der Waals surface area contributed by atoms with Gasteiger partial charge in [0.1, 0.15) is 60.5 Å². The first-order chi connectivity index (χ1) is 39.4. The lowest BCUT2D eigenvalue weighted by Gasteiger charge is -2.37. The number of fused-ring (bicyclic) bond motifs is 2. The largest absolute Gasteiger partial charge is 0.497 e. The lowest BCUT2D eigenvalue weighted by molar-refractivity contribution is -0.150. The van der Waals surface area contributed by atoms with Crippen molar-refractivity contribution >= 4 is 59.3 Å². The van der Waals surface area contributed by atoms with E-state index >= 15 is 0 Å². The number of anilines is 2. The Morgan fingerprint density at radius 2 is 1.04 bits per heavy atom. The molecule has 2 fully saturated rings. The van der Waals surface area contributed by atoms with Crippen molar-refractivity contribution in [2.75, 3.05) is 44.7 Å². The molecular weight excluding hydrogens is 1060 g/mol. The van der Waals surface area contributed by atoms with E-state index in [-0.39, 0.29) is 49.5 Å². The molecule has 2 aliphatic heterocycles. The van der Waals surface area contributed by atoms with Crippen LogP contribution < -0.4 is 20.1 Å². The van der Waals surface area contributed by atoms with Gasteiger partial charge in [-0.1, -0.05) is 91.0 Å². The molecule has 0 radical (unpaired) electrons. The number of imidazole rings is 2. The zero-order valence-electron chi connectivity index (χ0n) is 44.3. The first kappa shape index (κ1) is 54.2. The summed E-state index contributed by atoms with van der Waals surface area (Å²) in [5.41, 5.74) is 3.21.